The number of rotatable bonds is 7. The molecule has 2 unspecified atom stereocenters. The molecule has 2 rings (SSSR count). The summed E-state index contributed by atoms with van der Waals surface area (Å²) in [7, 11) is -1.40. The molecule has 0 bridgehead atoms. The van der Waals surface area contributed by atoms with E-state index in [9.17, 15) is 9.59 Å². The number of alkyl halides is 1. The molecule has 0 spiro atoms. The Bertz CT molecular complexity index is 797. The van der Waals surface area contributed by atoms with Gasteiger partial charge >= 0.3 is 0 Å². The number of benzene rings is 1. The van der Waals surface area contributed by atoms with Gasteiger partial charge in [0.1, 0.15) is 0 Å². The summed E-state index contributed by atoms with van der Waals surface area (Å²) in [4.78, 5) is 27.0. The number of aryl methyl sites for hydroxylation is 3. The highest BCUT2D eigenvalue weighted by molar-refractivity contribution is 9.09. The normalized spacial score (nSPS) is 18.3. The summed E-state index contributed by atoms with van der Waals surface area (Å²) in [5, 5.41) is 0.808. The maximum absolute atomic E-state index is 13.5. The lowest BCUT2D eigenvalue weighted by Gasteiger charge is -2.25. The van der Waals surface area contributed by atoms with Crippen LogP contribution in [0.2, 0.25) is 0 Å². The predicted molar refractivity (Wildman–Crippen MR) is 120 cm³/mol. The molecule has 0 heterocycles. The van der Waals surface area contributed by atoms with Gasteiger partial charge in [-0.25, -0.2) is 0 Å². The third-order valence-electron chi connectivity index (χ3n) is 5.09. The van der Waals surface area contributed by atoms with Crippen molar-refractivity contribution in [3.63, 3.8) is 0 Å². The smallest absolute Gasteiger partial charge is 0.192 e. The van der Waals surface area contributed by atoms with Gasteiger partial charge in [-0.1, -0.05) is 52.2 Å². The van der Waals surface area contributed by atoms with E-state index < -0.39 is 7.92 Å². The van der Waals surface area contributed by atoms with Gasteiger partial charge in [-0.2, -0.15) is 0 Å². The van der Waals surface area contributed by atoms with Crippen molar-refractivity contribution in [1.29, 1.82) is 0 Å². The van der Waals surface area contributed by atoms with Crippen molar-refractivity contribution in [2.75, 3.05) is 11.5 Å². The van der Waals surface area contributed by atoms with Crippen molar-refractivity contribution in [3.8, 4) is 0 Å². The van der Waals surface area contributed by atoms with E-state index in [-0.39, 0.29) is 11.0 Å². The van der Waals surface area contributed by atoms with Crippen LogP contribution < -0.4 is 0 Å². The lowest BCUT2D eigenvalue weighted by Crippen LogP contribution is -2.17. The van der Waals surface area contributed by atoms with E-state index in [1.54, 1.807) is 0 Å². The molecule has 0 saturated heterocycles. The minimum absolute atomic E-state index is 0.0395. The van der Waals surface area contributed by atoms with E-state index in [1.165, 1.54) is 0 Å². The summed E-state index contributed by atoms with van der Waals surface area (Å²) < 4.78 is 0. The van der Waals surface area contributed by atoms with Crippen molar-refractivity contribution in [2.24, 2.45) is 5.92 Å². The lowest BCUT2D eigenvalue weighted by atomic mass is 9.87. The molecule has 0 aromatic heterocycles. The molecule has 2 nitrogen and oxygen atoms in total. The summed E-state index contributed by atoms with van der Waals surface area (Å²) in [5.41, 5.74) is 6.93. The molecule has 0 saturated carbocycles. The van der Waals surface area contributed by atoms with Crippen LogP contribution in [-0.4, -0.2) is 22.5 Å². The van der Waals surface area contributed by atoms with Crippen LogP contribution in [-0.2, 0) is 4.79 Å². The number of carbonyl (C=O) groups excluding carboxylic acids is 2. The summed E-state index contributed by atoms with van der Waals surface area (Å²) in [6, 6.07) is 4.08. The van der Waals surface area contributed by atoms with Crippen LogP contribution in [0.5, 0.6) is 0 Å². The van der Waals surface area contributed by atoms with Crippen molar-refractivity contribution in [2.45, 2.75) is 54.4 Å². The molecule has 2 atom stereocenters. The third kappa shape index (κ3) is 5.06. The van der Waals surface area contributed by atoms with Crippen LogP contribution >= 0.6 is 23.9 Å². The second-order valence-corrected chi connectivity index (χ2v) is 10.7. The van der Waals surface area contributed by atoms with Gasteiger partial charge in [0.15, 0.2) is 11.0 Å². The zero-order chi connectivity index (χ0) is 20.3. The van der Waals surface area contributed by atoms with Gasteiger partial charge in [0.2, 0.25) is 0 Å². The van der Waals surface area contributed by atoms with Gasteiger partial charge in [0, 0.05) is 24.4 Å². The van der Waals surface area contributed by atoms with E-state index >= 15 is 0 Å². The number of hydrogen-bond donors (Lipinski definition) is 0. The fraction of sp³-hybridized carbons (Fsp3) is 0.478. The number of hydrogen-bond acceptors (Lipinski definition) is 2. The van der Waals surface area contributed by atoms with Gasteiger partial charge in [0.25, 0.3) is 0 Å². The van der Waals surface area contributed by atoms with E-state index in [2.05, 4.69) is 28.9 Å². The second-order valence-electron chi connectivity index (χ2n) is 7.76. The SMILES string of the molecule is CC1=CC(C)CC(C)=C1C(=O)P(CCCBr)C(=O)c1c(C)cc(C)cc1C. The van der Waals surface area contributed by atoms with Gasteiger partial charge in [0.05, 0.1) is 0 Å². The first-order chi connectivity index (χ1) is 12.7. The predicted octanol–water partition coefficient (Wildman–Crippen LogP) is 6.85. The molecule has 4 heteroatoms. The van der Waals surface area contributed by atoms with Crippen LogP contribution in [0, 0.1) is 26.7 Å². The maximum atomic E-state index is 13.5. The van der Waals surface area contributed by atoms with Crippen LogP contribution in [0.3, 0.4) is 0 Å². The Hall–Kier alpha value is -1.05. The molecule has 1 aromatic carbocycles. The van der Waals surface area contributed by atoms with E-state index in [0.717, 1.165) is 57.1 Å². The van der Waals surface area contributed by atoms with Crippen LogP contribution in [0.1, 0.15) is 60.7 Å². The Balaban J connectivity index is 2.47. The quantitative estimate of drug-likeness (QED) is 0.337. The zero-order valence-corrected chi connectivity index (χ0v) is 19.8. The van der Waals surface area contributed by atoms with Crippen LogP contribution in [0.4, 0.5) is 0 Å². The monoisotopic (exact) mass is 448 g/mol. The molecule has 0 fully saturated rings. The Kier molecular flexibility index (Phi) is 7.77. The molecule has 0 N–H and O–H groups in total. The zero-order valence-electron chi connectivity index (χ0n) is 17.3. The van der Waals surface area contributed by atoms with Crippen molar-refractivity contribution < 1.29 is 9.59 Å². The van der Waals surface area contributed by atoms with Gasteiger partial charge in [-0.15, -0.1) is 0 Å². The first kappa shape index (κ1) is 22.2. The summed E-state index contributed by atoms with van der Waals surface area (Å²) in [6.45, 7) is 12.2. The lowest BCUT2D eigenvalue weighted by molar-refractivity contribution is -0.108. The first-order valence-corrected chi connectivity index (χ1v) is 12.2. The summed E-state index contributed by atoms with van der Waals surface area (Å²) in [6.07, 6.45) is 4.55. The fourth-order valence-corrected chi connectivity index (χ4v) is 7.18. The minimum atomic E-state index is -1.40. The molecule has 0 radical (unpaired) electrons. The van der Waals surface area contributed by atoms with Gasteiger partial charge in [-0.3, -0.25) is 9.59 Å². The maximum Gasteiger partial charge on any atom is 0.192 e. The topological polar surface area (TPSA) is 34.1 Å². The molecule has 146 valence electrons. The standard InChI is InChI=1S/C23H30BrO2P/c1-14-10-16(3)20(17(4)11-14)22(25)27(9-7-8-24)23(26)21-18(5)12-15(2)13-19(21)6/h10-12,15H,7-9,13H2,1-6H3. The number of carbonyl (C=O) groups is 2. The molecule has 1 aromatic rings. The molecular formula is C23H30BrO2P. The Morgan fingerprint density at radius 2 is 1.67 bits per heavy atom. The molecule has 27 heavy (non-hydrogen) atoms. The summed E-state index contributed by atoms with van der Waals surface area (Å²) in [5.74, 6) is 0.451. The number of allylic oxidation sites excluding steroid dienone is 4. The highest BCUT2D eigenvalue weighted by atomic mass is 79.9. The van der Waals surface area contributed by atoms with Crippen molar-refractivity contribution in [3.05, 3.63) is 57.2 Å². The largest absolute Gasteiger partial charge is 0.289 e. The third-order valence-corrected chi connectivity index (χ3v) is 7.85. The molecular weight excluding hydrogens is 419 g/mol. The second kappa shape index (κ2) is 9.43. The molecule has 1 aliphatic carbocycles. The Labute approximate surface area is 173 Å². The Morgan fingerprint density at radius 3 is 2.19 bits per heavy atom. The van der Waals surface area contributed by atoms with Gasteiger partial charge < -0.3 is 0 Å². The average molecular weight is 449 g/mol. The molecule has 1 aliphatic rings. The highest BCUT2D eigenvalue weighted by Gasteiger charge is 2.33. The highest BCUT2D eigenvalue weighted by Crippen LogP contribution is 2.48. The first-order valence-electron chi connectivity index (χ1n) is 9.55. The van der Waals surface area contributed by atoms with E-state index in [4.69, 9.17) is 0 Å². The van der Waals surface area contributed by atoms with Gasteiger partial charge in [-0.05, 0) is 76.2 Å². The average Bonchev–Trinajstić information content (AvgIpc) is 2.53. The van der Waals surface area contributed by atoms with E-state index in [0.29, 0.717) is 12.1 Å². The Morgan fingerprint density at radius 1 is 1.07 bits per heavy atom. The van der Waals surface area contributed by atoms with Crippen molar-refractivity contribution in [1.82, 2.24) is 0 Å². The van der Waals surface area contributed by atoms with Crippen molar-refractivity contribution >= 4 is 34.9 Å². The van der Waals surface area contributed by atoms with Crippen LogP contribution in [0.25, 0.3) is 0 Å². The number of halogens is 1. The molecule has 0 amide bonds. The fourth-order valence-electron chi connectivity index (χ4n) is 4.14. The molecule has 0 aliphatic heterocycles. The van der Waals surface area contributed by atoms with Crippen LogP contribution in [0.15, 0.2) is 34.9 Å². The van der Waals surface area contributed by atoms with E-state index in [1.807, 2.05) is 46.8 Å². The minimum Gasteiger partial charge on any atom is -0.289 e. The summed E-state index contributed by atoms with van der Waals surface area (Å²) >= 11 is 3.46.